The Bertz CT molecular complexity index is 1820. The highest BCUT2D eigenvalue weighted by Gasteiger charge is 2.45. The van der Waals surface area contributed by atoms with Gasteiger partial charge in [-0.05, 0) is 55.8 Å². The molecule has 192 valence electrons. The molecule has 0 saturated heterocycles. The number of fused-ring (bicyclic) bond motifs is 9. The molecule has 1 aromatic heterocycles. The molecule has 0 saturated carbocycles. The molecule has 3 heterocycles. The molecule has 6 nitrogen and oxygen atoms in total. The van der Waals surface area contributed by atoms with E-state index in [0.29, 0.717) is 22.4 Å². The fraction of sp³-hybridized carbons (Fsp3) is 0.241. The minimum atomic E-state index is -3.13. The van der Waals surface area contributed by atoms with Crippen molar-refractivity contribution in [2.45, 2.75) is 25.1 Å². The van der Waals surface area contributed by atoms with Gasteiger partial charge in [0.15, 0.2) is 0 Å². The summed E-state index contributed by atoms with van der Waals surface area (Å²) in [4.78, 5) is 19.0. The third-order valence-electron chi connectivity index (χ3n) is 6.99. The number of alkyl halides is 2. The summed E-state index contributed by atoms with van der Waals surface area (Å²) in [5.74, 6) is 5.61. The van der Waals surface area contributed by atoms with Crippen LogP contribution in [0.4, 0.5) is 8.78 Å². The largest absolute Gasteiger partial charge is 0.434 e. The van der Waals surface area contributed by atoms with E-state index in [1.807, 2.05) is 22.8 Å². The van der Waals surface area contributed by atoms with E-state index in [0.717, 1.165) is 15.8 Å². The quantitative estimate of drug-likeness (QED) is 0.261. The molecule has 2 bridgehead atoms. The van der Waals surface area contributed by atoms with E-state index in [1.165, 1.54) is 18.2 Å². The molecule has 2 atom stereocenters. The Morgan fingerprint density at radius 3 is 2.53 bits per heavy atom. The Morgan fingerprint density at radius 1 is 1.08 bits per heavy atom. The lowest BCUT2D eigenvalue weighted by atomic mass is 9.97. The first-order valence-corrected chi connectivity index (χ1v) is 14.5. The van der Waals surface area contributed by atoms with Gasteiger partial charge in [-0.2, -0.15) is 8.78 Å². The van der Waals surface area contributed by atoms with Crippen LogP contribution in [-0.2, 0) is 4.57 Å². The molecule has 38 heavy (non-hydrogen) atoms. The summed E-state index contributed by atoms with van der Waals surface area (Å²) >= 11 is 0. The van der Waals surface area contributed by atoms with Crippen molar-refractivity contribution < 1.29 is 27.0 Å². The van der Waals surface area contributed by atoms with Crippen molar-refractivity contribution in [1.82, 2.24) is 14.5 Å². The maximum absolute atomic E-state index is 13.5. The number of nitrogens with zero attached hydrogens (tertiary/aromatic N) is 3. The number of amides is 1. The van der Waals surface area contributed by atoms with E-state index in [2.05, 4.69) is 16.8 Å². The molecular formula is C29H24F2N3O3P. The van der Waals surface area contributed by atoms with E-state index in [4.69, 9.17) is 8.85 Å². The predicted octanol–water partition coefficient (Wildman–Crippen LogP) is 5.41. The average Bonchev–Trinajstić information content (AvgIpc) is 3.39. The van der Waals surface area contributed by atoms with Crippen molar-refractivity contribution in [3.05, 3.63) is 88.7 Å². The number of benzene rings is 3. The molecular weight excluding hydrogens is 507 g/mol. The van der Waals surface area contributed by atoms with Gasteiger partial charge in [0.2, 0.25) is 0 Å². The van der Waals surface area contributed by atoms with Crippen molar-refractivity contribution in [2.75, 3.05) is 20.3 Å². The van der Waals surface area contributed by atoms with Gasteiger partial charge in [-0.15, -0.1) is 0 Å². The zero-order valence-electron chi connectivity index (χ0n) is 23.5. The minimum absolute atomic E-state index is 0.00220. The molecule has 0 unspecified atom stereocenters. The van der Waals surface area contributed by atoms with E-state index in [1.54, 1.807) is 37.6 Å². The number of imidazole rings is 1. The van der Waals surface area contributed by atoms with Gasteiger partial charge in [0.25, 0.3) is 5.91 Å². The number of ether oxygens (including phenoxy) is 1. The van der Waals surface area contributed by atoms with E-state index >= 15 is 0 Å². The molecule has 2 aliphatic rings. The lowest BCUT2D eigenvalue weighted by Gasteiger charge is -2.24. The summed E-state index contributed by atoms with van der Waals surface area (Å²) in [6.07, 6.45) is 0.139. The predicted molar refractivity (Wildman–Crippen MR) is 142 cm³/mol. The molecule has 0 fully saturated rings. The third-order valence-corrected chi connectivity index (χ3v) is 8.53. The smallest absolute Gasteiger partial charge is 0.387 e. The highest BCUT2D eigenvalue weighted by Crippen LogP contribution is 2.50. The molecule has 1 amide bonds. The normalized spacial score (nSPS) is 19.7. The first-order chi connectivity index (χ1) is 19.3. The van der Waals surface area contributed by atoms with Crippen LogP contribution in [0, 0.1) is 11.8 Å². The van der Waals surface area contributed by atoms with Crippen molar-refractivity contribution in [1.29, 1.82) is 0 Å². The highest BCUT2D eigenvalue weighted by atomic mass is 31.2. The standard InChI is InChI=1S/C29H24F2N3O3P/c1-33-24-16-23(26-20(28(33)35)5-4-6-25(26)37-29(30)31)34-22-15-18(11-14-21(22)32-27(24)34)8-7-17-9-12-19(13-10-17)38(2,3)36/h4-6,9-15,23-24,29H,16H2,1-3H3/t23-,24-/m1/s1/i1D3. The van der Waals surface area contributed by atoms with Gasteiger partial charge in [0, 0.05) is 45.1 Å². The zero-order chi connectivity index (χ0) is 29.3. The Balaban J connectivity index is 1.49. The van der Waals surface area contributed by atoms with Gasteiger partial charge in [0.05, 0.1) is 23.1 Å². The van der Waals surface area contributed by atoms with Crippen LogP contribution in [0.3, 0.4) is 0 Å². The van der Waals surface area contributed by atoms with Gasteiger partial charge < -0.3 is 18.8 Å². The second kappa shape index (κ2) is 8.82. The van der Waals surface area contributed by atoms with Crippen LogP contribution in [0.1, 0.15) is 55.5 Å². The SMILES string of the molecule is [2H]C([2H])([2H])N1C(=O)c2cccc(OC(F)F)c2[C@H]2C[C@@H]1c1nc3ccc(C#Cc4ccc(P(C)(C)=O)cc4)cc3n12. The number of hydrogen-bond acceptors (Lipinski definition) is 4. The molecule has 3 aromatic carbocycles. The van der Waals surface area contributed by atoms with E-state index in [9.17, 15) is 18.1 Å². The lowest BCUT2D eigenvalue weighted by molar-refractivity contribution is -0.0507. The van der Waals surface area contributed by atoms with E-state index < -0.39 is 38.7 Å². The second-order valence-corrected chi connectivity index (χ2v) is 12.9. The number of carbonyl (C=O) groups excluding carboxylic acids is 1. The molecule has 2 aliphatic heterocycles. The molecule has 0 aliphatic carbocycles. The molecule has 0 N–H and O–H groups in total. The van der Waals surface area contributed by atoms with Crippen LogP contribution in [-0.4, -0.2) is 47.3 Å². The fourth-order valence-electron chi connectivity index (χ4n) is 5.23. The summed E-state index contributed by atoms with van der Waals surface area (Å²) in [5, 5.41) is 0.765. The zero-order valence-corrected chi connectivity index (χ0v) is 21.4. The highest BCUT2D eigenvalue weighted by molar-refractivity contribution is 7.70. The third kappa shape index (κ3) is 3.99. The number of carbonyl (C=O) groups is 1. The average molecular weight is 535 g/mol. The Hall–Kier alpha value is -3.95. The number of hydrogen-bond donors (Lipinski definition) is 0. The molecule has 0 radical (unpaired) electrons. The number of halogens is 2. The summed E-state index contributed by atoms with van der Waals surface area (Å²) in [5.41, 5.74) is 2.78. The van der Waals surface area contributed by atoms with E-state index in [-0.39, 0.29) is 23.3 Å². The van der Waals surface area contributed by atoms with Gasteiger partial charge in [0.1, 0.15) is 18.7 Å². The Labute approximate surface area is 222 Å². The summed E-state index contributed by atoms with van der Waals surface area (Å²) in [6.45, 7) is -2.51. The lowest BCUT2D eigenvalue weighted by Crippen LogP contribution is -2.30. The first kappa shape index (κ1) is 21.0. The fourth-order valence-corrected chi connectivity index (χ4v) is 6.10. The maximum atomic E-state index is 13.5. The maximum Gasteiger partial charge on any atom is 0.387 e. The van der Waals surface area contributed by atoms with Crippen LogP contribution in [0.5, 0.6) is 5.75 Å². The van der Waals surface area contributed by atoms with Gasteiger partial charge in [-0.1, -0.05) is 30.0 Å². The summed E-state index contributed by atoms with van der Waals surface area (Å²) in [7, 11) is -2.38. The second-order valence-electron chi connectivity index (χ2n) is 9.73. The molecule has 0 spiro atoms. The number of aromatic nitrogens is 2. The van der Waals surface area contributed by atoms with Crippen molar-refractivity contribution in [3.63, 3.8) is 0 Å². The van der Waals surface area contributed by atoms with Crippen LogP contribution in [0.2, 0.25) is 0 Å². The van der Waals surface area contributed by atoms with Crippen LogP contribution in [0.25, 0.3) is 11.0 Å². The summed E-state index contributed by atoms with van der Waals surface area (Å²) in [6, 6.07) is 15.2. The van der Waals surface area contributed by atoms with Crippen molar-refractivity contribution >= 4 is 29.4 Å². The van der Waals surface area contributed by atoms with Crippen molar-refractivity contribution in [3.8, 4) is 17.6 Å². The molecule has 4 aromatic rings. The van der Waals surface area contributed by atoms with Gasteiger partial charge in [-0.25, -0.2) is 4.98 Å². The van der Waals surface area contributed by atoms with Gasteiger partial charge >= 0.3 is 6.61 Å². The monoisotopic (exact) mass is 534 g/mol. The Morgan fingerprint density at radius 2 is 1.82 bits per heavy atom. The Kier molecular flexibility index (Phi) is 4.88. The van der Waals surface area contributed by atoms with Crippen LogP contribution >= 0.6 is 7.14 Å². The van der Waals surface area contributed by atoms with Crippen LogP contribution in [0.15, 0.2) is 60.7 Å². The van der Waals surface area contributed by atoms with Crippen molar-refractivity contribution in [2.24, 2.45) is 0 Å². The van der Waals surface area contributed by atoms with Crippen LogP contribution < -0.4 is 10.0 Å². The minimum Gasteiger partial charge on any atom is -0.434 e. The topological polar surface area (TPSA) is 64.4 Å². The first-order valence-electron chi connectivity index (χ1n) is 13.4. The number of rotatable bonds is 3. The molecule has 6 rings (SSSR count). The molecule has 9 heteroatoms. The van der Waals surface area contributed by atoms with Gasteiger partial charge in [-0.3, -0.25) is 4.79 Å². The summed E-state index contributed by atoms with van der Waals surface area (Å²) < 4.78 is 70.1.